The van der Waals surface area contributed by atoms with Gasteiger partial charge in [-0.25, -0.2) is 0 Å². The van der Waals surface area contributed by atoms with Gasteiger partial charge in [-0.15, -0.1) is 0 Å². The molecule has 82 valence electrons. The average molecular weight is 247 g/mol. The molecular formula is C8H9NO4S2. The molecule has 0 aliphatic rings. The molecule has 0 atom stereocenters. The number of rotatable bonds is 3. The highest BCUT2D eigenvalue weighted by molar-refractivity contribution is 7.85. The van der Waals surface area contributed by atoms with Crippen molar-refractivity contribution in [3.05, 3.63) is 24.3 Å². The highest BCUT2D eigenvalue weighted by Crippen LogP contribution is 2.14. The van der Waals surface area contributed by atoms with Crippen LogP contribution in [-0.2, 0) is 14.9 Å². The molecule has 1 amide bonds. The maximum Gasteiger partial charge on any atom is 0.294 e. The van der Waals surface area contributed by atoms with Crippen molar-refractivity contribution in [3.8, 4) is 0 Å². The molecule has 0 saturated carbocycles. The van der Waals surface area contributed by atoms with Gasteiger partial charge in [-0.1, -0.05) is 6.07 Å². The zero-order valence-corrected chi connectivity index (χ0v) is 9.25. The van der Waals surface area contributed by atoms with Gasteiger partial charge in [0.05, 0.1) is 10.6 Å². The predicted molar refractivity (Wildman–Crippen MR) is 58.7 cm³/mol. The van der Waals surface area contributed by atoms with Crippen LogP contribution in [0, 0.1) is 0 Å². The summed E-state index contributed by atoms with van der Waals surface area (Å²) in [5.41, 5.74) is 0.296. The number of hydrogen-bond donors (Lipinski definition) is 3. The van der Waals surface area contributed by atoms with Crippen LogP contribution in [0.1, 0.15) is 0 Å². The van der Waals surface area contributed by atoms with Crippen molar-refractivity contribution in [1.29, 1.82) is 0 Å². The summed E-state index contributed by atoms with van der Waals surface area (Å²) in [4.78, 5) is 10.7. The molecule has 0 fully saturated rings. The molecule has 1 rings (SSSR count). The molecule has 7 heteroatoms. The zero-order chi connectivity index (χ0) is 11.5. The fourth-order valence-corrected chi connectivity index (χ4v) is 1.54. The number of amides is 1. The van der Waals surface area contributed by atoms with E-state index in [0.29, 0.717) is 5.69 Å². The second-order valence-electron chi connectivity index (χ2n) is 2.71. The molecule has 0 spiro atoms. The van der Waals surface area contributed by atoms with Gasteiger partial charge in [0.15, 0.2) is 0 Å². The van der Waals surface area contributed by atoms with Crippen LogP contribution in [0.4, 0.5) is 5.69 Å². The number of anilines is 1. The van der Waals surface area contributed by atoms with E-state index in [1.807, 2.05) is 0 Å². The van der Waals surface area contributed by atoms with Gasteiger partial charge >= 0.3 is 0 Å². The minimum atomic E-state index is -4.24. The van der Waals surface area contributed by atoms with Crippen LogP contribution < -0.4 is 5.32 Å². The number of benzene rings is 1. The van der Waals surface area contributed by atoms with Crippen molar-refractivity contribution in [2.24, 2.45) is 0 Å². The Labute approximate surface area is 92.7 Å². The molecule has 0 radical (unpaired) electrons. The van der Waals surface area contributed by atoms with Gasteiger partial charge in [-0.3, -0.25) is 9.35 Å². The number of carbonyl (C=O) groups is 1. The van der Waals surface area contributed by atoms with E-state index in [1.165, 1.54) is 18.2 Å². The van der Waals surface area contributed by atoms with Crippen LogP contribution >= 0.6 is 12.6 Å². The molecule has 2 N–H and O–H groups in total. The number of nitrogens with one attached hydrogen (secondary N) is 1. The third-order valence-electron chi connectivity index (χ3n) is 1.56. The van der Waals surface area contributed by atoms with Crippen LogP contribution in [0.5, 0.6) is 0 Å². The Morgan fingerprint density at radius 2 is 2.13 bits per heavy atom. The summed E-state index contributed by atoms with van der Waals surface area (Å²) in [6.45, 7) is 0. The maximum absolute atomic E-state index is 10.9. The Morgan fingerprint density at radius 1 is 1.47 bits per heavy atom. The second kappa shape index (κ2) is 4.65. The van der Waals surface area contributed by atoms with E-state index in [9.17, 15) is 13.2 Å². The van der Waals surface area contributed by atoms with Crippen LogP contribution in [-0.4, -0.2) is 24.6 Å². The van der Waals surface area contributed by atoms with E-state index in [2.05, 4.69) is 17.9 Å². The molecule has 0 saturated heterocycles. The van der Waals surface area contributed by atoms with Gasteiger partial charge in [0.1, 0.15) is 0 Å². The van der Waals surface area contributed by atoms with Gasteiger partial charge < -0.3 is 5.32 Å². The monoisotopic (exact) mass is 247 g/mol. The maximum atomic E-state index is 10.9. The van der Waals surface area contributed by atoms with Crippen molar-refractivity contribution < 1.29 is 17.8 Å². The average Bonchev–Trinajstić information content (AvgIpc) is 2.17. The normalized spacial score (nSPS) is 11.1. The highest BCUT2D eigenvalue weighted by Gasteiger charge is 2.10. The quantitative estimate of drug-likeness (QED) is 0.545. The Morgan fingerprint density at radius 3 is 2.67 bits per heavy atom. The lowest BCUT2D eigenvalue weighted by Gasteiger charge is -2.04. The largest absolute Gasteiger partial charge is 0.325 e. The Bertz CT molecular complexity index is 469. The van der Waals surface area contributed by atoms with Crippen molar-refractivity contribution in [2.45, 2.75) is 4.90 Å². The molecule has 0 aliphatic heterocycles. The van der Waals surface area contributed by atoms with Crippen LogP contribution in [0.2, 0.25) is 0 Å². The molecule has 0 aromatic heterocycles. The number of thiol groups is 1. The van der Waals surface area contributed by atoms with Crippen molar-refractivity contribution >= 4 is 34.3 Å². The first-order valence-corrected chi connectivity index (χ1v) is 5.99. The van der Waals surface area contributed by atoms with E-state index in [0.717, 1.165) is 6.07 Å². The van der Waals surface area contributed by atoms with Crippen molar-refractivity contribution in [3.63, 3.8) is 0 Å². The minimum Gasteiger partial charge on any atom is -0.325 e. The lowest BCUT2D eigenvalue weighted by molar-refractivity contribution is -0.113. The smallest absolute Gasteiger partial charge is 0.294 e. The summed E-state index contributed by atoms with van der Waals surface area (Å²) < 4.78 is 30.3. The van der Waals surface area contributed by atoms with Gasteiger partial charge in [0, 0.05) is 5.69 Å². The van der Waals surface area contributed by atoms with E-state index in [1.54, 1.807) is 0 Å². The number of carbonyl (C=O) groups excluding carboxylic acids is 1. The Kier molecular flexibility index (Phi) is 3.72. The summed E-state index contributed by atoms with van der Waals surface area (Å²) in [7, 11) is -4.24. The summed E-state index contributed by atoms with van der Waals surface area (Å²) in [6.07, 6.45) is 0. The zero-order valence-electron chi connectivity index (χ0n) is 7.54. The third-order valence-corrected chi connectivity index (χ3v) is 2.70. The van der Waals surface area contributed by atoms with E-state index in [-0.39, 0.29) is 16.6 Å². The first-order valence-electron chi connectivity index (χ1n) is 3.92. The highest BCUT2D eigenvalue weighted by atomic mass is 32.2. The second-order valence-corrected chi connectivity index (χ2v) is 4.45. The molecule has 0 aliphatic carbocycles. The summed E-state index contributed by atoms with van der Waals surface area (Å²) >= 11 is 3.75. The van der Waals surface area contributed by atoms with Gasteiger partial charge in [-0.2, -0.15) is 21.0 Å². The molecule has 0 bridgehead atoms. The van der Waals surface area contributed by atoms with Crippen LogP contribution in [0.25, 0.3) is 0 Å². The fourth-order valence-electron chi connectivity index (χ4n) is 0.935. The van der Waals surface area contributed by atoms with Crippen molar-refractivity contribution in [1.82, 2.24) is 0 Å². The molecule has 0 unspecified atom stereocenters. The Hall–Kier alpha value is -1.05. The van der Waals surface area contributed by atoms with E-state index in [4.69, 9.17) is 4.55 Å². The predicted octanol–water partition coefficient (Wildman–Crippen LogP) is 0.802. The SMILES string of the molecule is O=C(CS)Nc1cccc(S(=O)(=O)O)c1. The summed E-state index contributed by atoms with van der Waals surface area (Å²) in [5, 5.41) is 2.41. The molecule has 15 heavy (non-hydrogen) atoms. The molecule has 1 aromatic carbocycles. The van der Waals surface area contributed by atoms with E-state index < -0.39 is 10.1 Å². The third kappa shape index (κ3) is 3.54. The van der Waals surface area contributed by atoms with Crippen LogP contribution in [0.15, 0.2) is 29.2 Å². The Balaban J connectivity index is 2.99. The fraction of sp³-hybridized carbons (Fsp3) is 0.125. The molecular weight excluding hydrogens is 238 g/mol. The van der Waals surface area contributed by atoms with Crippen molar-refractivity contribution in [2.75, 3.05) is 11.1 Å². The lowest BCUT2D eigenvalue weighted by atomic mass is 10.3. The summed E-state index contributed by atoms with van der Waals surface area (Å²) in [5.74, 6) is -0.360. The first kappa shape index (κ1) is 12.0. The van der Waals surface area contributed by atoms with Gasteiger partial charge in [0.2, 0.25) is 5.91 Å². The number of hydrogen-bond acceptors (Lipinski definition) is 4. The molecule has 0 heterocycles. The topological polar surface area (TPSA) is 83.5 Å². The summed E-state index contributed by atoms with van der Waals surface area (Å²) in [6, 6.07) is 5.32. The minimum absolute atomic E-state index is 0.00387. The lowest BCUT2D eigenvalue weighted by Crippen LogP contribution is -2.13. The van der Waals surface area contributed by atoms with Gasteiger partial charge in [0.25, 0.3) is 10.1 Å². The van der Waals surface area contributed by atoms with E-state index >= 15 is 0 Å². The standard InChI is InChI=1S/C8H9NO4S2/c10-8(5-14)9-6-2-1-3-7(4-6)15(11,12)13/h1-4,14H,5H2,(H,9,10)(H,11,12,13). The van der Waals surface area contributed by atoms with Gasteiger partial charge in [-0.05, 0) is 18.2 Å². The molecule has 5 nitrogen and oxygen atoms in total. The van der Waals surface area contributed by atoms with Crippen LogP contribution in [0.3, 0.4) is 0 Å². The molecule has 1 aromatic rings. The first-order chi connectivity index (χ1) is 6.93.